The molecule has 0 atom stereocenters. The highest BCUT2D eigenvalue weighted by atomic mass is 32.2. The van der Waals surface area contributed by atoms with Gasteiger partial charge in [-0.15, -0.1) is 0 Å². The van der Waals surface area contributed by atoms with Gasteiger partial charge in [-0.1, -0.05) is 25.3 Å². The molecule has 4 nitrogen and oxygen atoms in total. The first kappa shape index (κ1) is 20.7. The van der Waals surface area contributed by atoms with Gasteiger partial charge >= 0.3 is 5.63 Å². The predicted molar refractivity (Wildman–Crippen MR) is 108 cm³/mol. The van der Waals surface area contributed by atoms with Crippen molar-refractivity contribution in [3.63, 3.8) is 0 Å². The van der Waals surface area contributed by atoms with Crippen molar-refractivity contribution in [3.8, 4) is 0 Å². The van der Waals surface area contributed by atoms with Crippen LogP contribution in [0.2, 0.25) is 0 Å². The van der Waals surface area contributed by atoms with Crippen LogP contribution in [0.5, 0.6) is 0 Å². The second-order valence-electron chi connectivity index (χ2n) is 7.96. The normalized spacial score (nSPS) is 12.6. The fraction of sp³-hybridized carbons (Fsp3) is 0.571. The summed E-state index contributed by atoms with van der Waals surface area (Å²) in [6.07, 6.45) is 5.92. The van der Waals surface area contributed by atoms with Crippen molar-refractivity contribution in [1.82, 2.24) is 0 Å². The molecule has 0 bridgehead atoms. The second-order valence-corrected chi connectivity index (χ2v) is 10.8. The molecule has 1 aromatic heterocycles. The van der Waals surface area contributed by atoms with Crippen molar-refractivity contribution < 1.29 is 12.8 Å². The topological polar surface area (TPSA) is 64.3 Å². The number of hydrogen-bond donors (Lipinski definition) is 0. The summed E-state index contributed by atoms with van der Waals surface area (Å²) in [5, 5.41) is 0.995. The number of hydrogen-bond acceptors (Lipinski definition) is 4. The molecule has 0 unspecified atom stereocenters. The van der Waals surface area contributed by atoms with Gasteiger partial charge in [0.15, 0.2) is 9.84 Å². The molecular formula is C21H30O4S. The Balaban J connectivity index is 1.77. The van der Waals surface area contributed by atoms with Crippen LogP contribution < -0.4 is 5.63 Å². The van der Waals surface area contributed by atoms with Crippen LogP contribution >= 0.6 is 0 Å². The van der Waals surface area contributed by atoms with E-state index in [1.165, 1.54) is 17.2 Å². The zero-order valence-electron chi connectivity index (χ0n) is 16.3. The molecule has 5 heteroatoms. The lowest BCUT2D eigenvalue weighted by Crippen LogP contribution is -2.30. The fourth-order valence-corrected chi connectivity index (χ4v) is 4.25. The van der Waals surface area contributed by atoms with Crippen molar-refractivity contribution in [3.05, 3.63) is 45.8 Å². The van der Waals surface area contributed by atoms with Crippen LogP contribution in [0.3, 0.4) is 0 Å². The van der Waals surface area contributed by atoms with Gasteiger partial charge in [-0.3, -0.25) is 0 Å². The van der Waals surface area contributed by atoms with Crippen molar-refractivity contribution in [2.45, 2.75) is 71.0 Å². The molecule has 0 aliphatic carbocycles. The highest BCUT2D eigenvalue weighted by Gasteiger charge is 2.27. The fourth-order valence-electron chi connectivity index (χ4n) is 3.05. The maximum atomic E-state index is 12.1. The average Bonchev–Trinajstić information content (AvgIpc) is 2.54. The number of sulfone groups is 1. The van der Waals surface area contributed by atoms with Crippen molar-refractivity contribution in [2.75, 3.05) is 5.75 Å². The predicted octanol–water partition coefficient (Wildman–Crippen LogP) is 4.81. The maximum absolute atomic E-state index is 12.1. The van der Waals surface area contributed by atoms with Crippen LogP contribution in [0.4, 0.5) is 0 Å². The van der Waals surface area contributed by atoms with E-state index in [-0.39, 0.29) is 11.4 Å². The monoisotopic (exact) mass is 378 g/mol. The summed E-state index contributed by atoms with van der Waals surface area (Å²) in [6, 6.07) is 7.20. The van der Waals surface area contributed by atoms with E-state index in [1.54, 1.807) is 20.8 Å². The Labute approximate surface area is 156 Å². The number of unbranched alkanes of at least 4 members (excludes halogenated alkanes) is 4. The van der Waals surface area contributed by atoms with Gasteiger partial charge in [0.2, 0.25) is 0 Å². The molecule has 0 saturated carbocycles. The Hall–Kier alpha value is -1.62. The Bertz CT molecular complexity index is 902. The third-order valence-corrected chi connectivity index (χ3v) is 7.67. The summed E-state index contributed by atoms with van der Waals surface area (Å²) in [7, 11) is -2.99. The third-order valence-electron chi connectivity index (χ3n) is 4.98. The minimum atomic E-state index is -2.99. The van der Waals surface area contributed by atoms with Gasteiger partial charge in [0.25, 0.3) is 0 Å². The van der Waals surface area contributed by atoms with Gasteiger partial charge in [0.1, 0.15) is 5.58 Å². The standard InChI is InChI=1S/C21H30O4S/c1-16-17(11-13-19-18(16)12-14-20(22)25-19)10-8-6-5-7-9-15-26(23,24)21(2,3)4/h11-14H,5-10,15H2,1-4H3. The molecule has 144 valence electrons. The van der Waals surface area contributed by atoms with Crippen molar-refractivity contribution in [1.29, 1.82) is 0 Å². The van der Waals surface area contributed by atoms with Crippen LogP contribution in [0.25, 0.3) is 11.0 Å². The van der Waals surface area contributed by atoms with E-state index in [1.807, 2.05) is 18.2 Å². The molecule has 1 aromatic carbocycles. The number of fused-ring (bicyclic) bond motifs is 1. The molecule has 0 radical (unpaired) electrons. The van der Waals surface area contributed by atoms with E-state index in [0.29, 0.717) is 5.58 Å². The minimum absolute atomic E-state index is 0.283. The van der Waals surface area contributed by atoms with Crippen molar-refractivity contribution >= 4 is 20.8 Å². The van der Waals surface area contributed by atoms with Gasteiger partial charge < -0.3 is 4.42 Å². The molecule has 0 spiro atoms. The van der Waals surface area contributed by atoms with Crippen LogP contribution in [0.1, 0.15) is 64.0 Å². The van der Waals surface area contributed by atoms with Gasteiger partial charge in [-0.2, -0.15) is 0 Å². The molecule has 2 rings (SSSR count). The molecule has 0 fully saturated rings. The van der Waals surface area contributed by atoms with Crippen LogP contribution in [0, 0.1) is 6.92 Å². The summed E-state index contributed by atoms with van der Waals surface area (Å²) in [6.45, 7) is 7.35. The zero-order chi connectivity index (χ0) is 19.4. The molecule has 0 saturated heterocycles. The molecule has 1 heterocycles. The Morgan fingerprint density at radius 1 is 0.923 bits per heavy atom. The molecule has 0 aliphatic rings. The first-order valence-corrected chi connectivity index (χ1v) is 11.0. The van der Waals surface area contributed by atoms with E-state index >= 15 is 0 Å². The van der Waals surface area contributed by atoms with Gasteiger partial charge in [-0.25, -0.2) is 13.2 Å². The van der Waals surface area contributed by atoms with Gasteiger partial charge in [-0.05, 0) is 70.2 Å². The first-order chi connectivity index (χ1) is 12.1. The molecule has 0 amide bonds. The van der Waals surface area contributed by atoms with Crippen LogP contribution in [-0.4, -0.2) is 18.9 Å². The number of rotatable bonds is 8. The smallest absolute Gasteiger partial charge is 0.336 e. The largest absolute Gasteiger partial charge is 0.423 e. The molecule has 0 aliphatic heterocycles. The number of aryl methyl sites for hydroxylation is 2. The average molecular weight is 379 g/mol. The quantitative estimate of drug-likeness (QED) is 0.488. The SMILES string of the molecule is Cc1c(CCCCCCCS(=O)(=O)C(C)(C)C)ccc2oc(=O)ccc12. The molecule has 26 heavy (non-hydrogen) atoms. The van der Waals surface area contributed by atoms with E-state index in [2.05, 4.69) is 6.92 Å². The molecule has 2 aromatic rings. The first-order valence-electron chi connectivity index (χ1n) is 9.36. The molecule has 0 N–H and O–H groups in total. The van der Waals surface area contributed by atoms with E-state index < -0.39 is 14.6 Å². The van der Waals surface area contributed by atoms with Gasteiger partial charge in [0.05, 0.1) is 10.5 Å². The van der Waals surface area contributed by atoms with Crippen molar-refractivity contribution in [2.24, 2.45) is 0 Å². The molecular weight excluding hydrogens is 348 g/mol. The van der Waals surface area contributed by atoms with E-state index in [0.717, 1.165) is 43.9 Å². The van der Waals surface area contributed by atoms with Crippen LogP contribution in [0.15, 0.2) is 33.5 Å². The zero-order valence-corrected chi connectivity index (χ0v) is 17.1. The summed E-state index contributed by atoms with van der Waals surface area (Å²) < 4.78 is 28.7. The highest BCUT2D eigenvalue weighted by molar-refractivity contribution is 7.92. The lowest BCUT2D eigenvalue weighted by atomic mass is 9.98. The Kier molecular flexibility index (Phi) is 6.67. The van der Waals surface area contributed by atoms with E-state index in [9.17, 15) is 13.2 Å². The minimum Gasteiger partial charge on any atom is -0.423 e. The van der Waals surface area contributed by atoms with Gasteiger partial charge in [0, 0.05) is 11.5 Å². The van der Waals surface area contributed by atoms with E-state index in [4.69, 9.17) is 4.42 Å². The summed E-state index contributed by atoms with van der Waals surface area (Å²) in [5.41, 5.74) is 2.76. The lowest BCUT2D eigenvalue weighted by Gasteiger charge is -2.18. The summed E-state index contributed by atoms with van der Waals surface area (Å²) >= 11 is 0. The van der Waals surface area contributed by atoms with Crippen LogP contribution in [-0.2, 0) is 16.3 Å². The Morgan fingerprint density at radius 3 is 2.27 bits per heavy atom. The summed E-state index contributed by atoms with van der Waals surface area (Å²) in [4.78, 5) is 11.3. The third kappa shape index (κ3) is 5.19. The maximum Gasteiger partial charge on any atom is 0.336 e. The Morgan fingerprint density at radius 2 is 1.58 bits per heavy atom. The second kappa shape index (κ2) is 8.38. The number of benzene rings is 1. The summed E-state index contributed by atoms with van der Waals surface area (Å²) in [5.74, 6) is 0.283. The lowest BCUT2D eigenvalue weighted by molar-refractivity contribution is 0.552. The highest BCUT2D eigenvalue weighted by Crippen LogP contribution is 2.22.